The minimum atomic E-state index is 0.545. The SMILES string of the molecule is COCc1cc(=S)nc(C2CCCCCCC2)[nH]1. The molecule has 0 aromatic carbocycles. The Labute approximate surface area is 114 Å². The first-order chi connectivity index (χ1) is 8.79. The number of nitrogens with one attached hydrogen (secondary N) is 1. The predicted molar refractivity (Wildman–Crippen MR) is 75.2 cm³/mol. The van der Waals surface area contributed by atoms with Crippen molar-refractivity contribution in [1.82, 2.24) is 9.97 Å². The van der Waals surface area contributed by atoms with E-state index >= 15 is 0 Å². The smallest absolute Gasteiger partial charge is 0.130 e. The van der Waals surface area contributed by atoms with Crippen molar-refractivity contribution in [2.24, 2.45) is 0 Å². The van der Waals surface area contributed by atoms with Crippen molar-refractivity contribution in [2.45, 2.75) is 57.5 Å². The van der Waals surface area contributed by atoms with E-state index in [0.29, 0.717) is 17.2 Å². The number of H-pyrrole nitrogens is 1. The minimum Gasteiger partial charge on any atom is -0.378 e. The van der Waals surface area contributed by atoms with Crippen LogP contribution in [0.1, 0.15) is 62.4 Å². The van der Waals surface area contributed by atoms with Crippen LogP contribution in [0, 0.1) is 4.64 Å². The molecule has 1 fully saturated rings. The molecule has 0 radical (unpaired) electrons. The average molecular weight is 266 g/mol. The van der Waals surface area contributed by atoms with Gasteiger partial charge in [0, 0.05) is 18.7 Å². The van der Waals surface area contributed by atoms with Gasteiger partial charge in [0.15, 0.2) is 0 Å². The molecule has 0 bridgehead atoms. The van der Waals surface area contributed by atoms with Gasteiger partial charge in [0.25, 0.3) is 0 Å². The topological polar surface area (TPSA) is 37.9 Å². The summed E-state index contributed by atoms with van der Waals surface area (Å²) >= 11 is 5.24. The Bertz CT molecular complexity index is 422. The third-order valence-corrected chi connectivity index (χ3v) is 3.82. The molecule has 18 heavy (non-hydrogen) atoms. The number of aromatic amines is 1. The summed E-state index contributed by atoms with van der Waals surface area (Å²) < 4.78 is 5.84. The lowest BCUT2D eigenvalue weighted by Crippen LogP contribution is -2.09. The standard InChI is InChI=1S/C14H22N2OS/c1-17-10-12-9-13(18)16-14(15-12)11-7-5-3-2-4-6-8-11/h9,11H,2-8,10H2,1H3,(H,15,16,18). The van der Waals surface area contributed by atoms with Crippen molar-refractivity contribution in [3.8, 4) is 0 Å². The van der Waals surface area contributed by atoms with E-state index in [1.165, 1.54) is 44.9 Å². The number of hydrogen-bond acceptors (Lipinski definition) is 3. The molecule has 0 spiro atoms. The van der Waals surface area contributed by atoms with E-state index in [2.05, 4.69) is 9.97 Å². The Morgan fingerprint density at radius 3 is 2.61 bits per heavy atom. The molecule has 3 nitrogen and oxygen atoms in total. The highest BCUT2D eigenvalue weighted by molar-refractivity contribution is 7.71. The lowest BCUT2D eigenvalue weighted by molar-refractivity contribution is 0.181. The number of nitrogens with zero attached hydrogens (tertiary/aromatic N) is 1. The molecule has 1 aromatic rings. The molecule has 1 aliphatic rings. The number of ether oxygens (including phenoxy) is 1. The molecule has 2 rings (SSSR count). The summed E-state index contributed by atoms with van der Waals surface area (Å²) in [5, 5.41) is 0. The zero-order valence-electron chi connectivity index (χ0n) is 11.1. The van der Waals surface area contributed by atoms with E-state index in [1.807, 2.05) is 6.07 Å². The molecular weight excluding hydrogens is 244 g/mol. The number of aromatic nitrogens is 2. The maximum Gasteiger partial charge on any atom is 0.130 e. The zero-order chi connectivity index (χ0) is 12.8. The summed E-state index contributed by atoms with van der Waals surface area (Å²) in [6.45, 7) is 0.575. The second kappa shape index (κ2) is 7.00. The second-order valence-electron chi connectivity index (χ2n) is 5.10. The zero-order valence-corrected chi connectivity index (χ0v) is 11.9. The Balaban J connectivity index is 2.16. The Morgan fingerprint density at radius 1 is 1.28 bits per heavy atom. The highest BCUT2D eigenvalue weighted by Crippen LogP contribution is 2.28. The van der Waals surface area contributed by atoms with Gasteiger partial charge in [-0.15, -0.1) is 0 Å². The van der Waals surface area contributed by atoms with Crippen LogP contribution >= 0.6 is 12.2 Å². The van der Waals surface area contributed by atoms with E-state index in [4.69, 9.17) is 17.0 Å². The Morgan fingerprint density at radius 2 is 1.94 bits per heavy atom. The molecule has 0 unspecified atom stereocenters. The normalized spacial score (nSPS) is 18.3. The van der Waals surface area contributed by atoms with Crippen molar-refractivity contribution in [2.75, 3.05) is 7.11 Å². The number of rotatable bonds is 3. The van der Waals surface area contributed by atoms with Gasteiger partial charge in [0.1, 0.15) is 10.5 Å². The molecule has 1 aliphatic carbocycles. The Hall–Kier alpha value is -0.740. The molecule has 1 aromatic heterocycles. The molecule has 0 amide bonds. The lowest BCUT2D eigenvalue weighted by Gasteiger charge is -2.19. The molecule has 100 valence electrons. The van der Waals surface area contributed by atoms with Crippen molar-refractivity contribution >= 4 is 12.2 Å². The van der Waals surface area contributed by atoms with Gasteiger partial charge >= 0.3 is 0 Å². The van der Waals surface area contributed by atoms with E-state index < -0.39 is 0 Å². The molecule has 0 aliphatic heterocycles. The fraction of sp³-hybridized carbons (Fsp3) is 0.714. The first-order valence-corrected chi connectivity index (χ1v) is 7.29. The third kappa shape index (κ3) is 3.89. The first-order valence-electron chi connectivity index (χ1n) is 6.88. The van der Waals surface area contributed by atoms with Crippen LogP contribution in [0.4, 0.5) is 0 Å². The summed E-state index contributed by atoms with van der Waals surface area (Å²) in [6, 6.07) is 1.89. The maximum atomic E-state index is 5.24. The largest absolute Gasteiger partial charge is 0.378 e. The van der Waals surface area contributed by atoms with Gasteiger partial charge < -0.3 is 9.72 Å². The molecule has 1 heterocycles. The van der Waals surface area contributed by atoms with Crippen LogP contribution < -0.4 is 0 Å². The fourth-order valence-electron chi connectivity index (χ4n) is 2.68. The quantitative estimate of drug-likeness (QED) is 0.836. The summed E-state index contributed by atoms with van der Waals surface area (Å²) in [6.07, 6.45) is 9.18. The van der Waals surface area contributed by atoms with Crippen LogP contribution in [-0.2, 0) is 11.3 Å². The second-order valence-corrected chi connectivity index (χ2v) is 5.52. The van der Waals surface area contributed by atoms with Gasteiger partial charge in [-0.3, -0.25) is 0 Å². The van der Waals surface area contributed by atoms with Crippen LogP contribution in [-0.4, -0.2) is 17.1 Å². The van der Waals surface area contributed by atoms with Gasteiger partial charge in [-0.25, -0.2) is 4.98 Å². The molecule has 1 saturated carbocycles. The number of hydrogen-bond donors (Lipinski definition) is 1. The molecule has 4 heteroatoms. The molecule has 0 atom stereocenters. The highest BCUT2D eigenvalue weighted by Gasteiger charge is 2.16. The molecule has 1 N–H and O–H groups in total. The van der Waals surface area contributed by atoms with Gasteiger partial charge in [-0.05, 0) is 18.9 Å². The summed E-state index contributed by atoms with van der Waals surface area (Å²) in [4.78, 5) is 7.92. The van der Waals surface area contributed by atoms with E-state index in [1.54, 1.807) is 7.11 Å². The van der Waals surface area contributed by atoms with Gasteiger partial charge in [0.05, 0.1) is 6.61 Å². The monoisotopic (exact) mass is 266 g/mol. The van der Waals surface area contributed by atoms with Crippen LogP contribution in [0.5, 0.6) is 0 Å². The lowest BCUT2D eigenvalue weighted by atomic mass is 9.90. The van der Waals surface area contributed by atoms with Gasteiger partial charge in [-0.2, -0.15) is 0 Å². The van der Waals surface area contributed by atoms with Crippen LogP contribution in [0.3, 0.4) is 0 Å². The van der Waals surface area contributed by atoms with Gasteiger partial charge in [-0.1, -0.05) is 44.3 Å². The van der Waals surface area contributed by atoms with E-state index in [9.17, 15) is 0 Å². The van der Waals surface area contributed by atoms with Crippen molar-refractivity contribution < 1.29 is 4.74 Å². The Kier molecular flexibility index (Phi) is 5.32. The van der Waals surface area contributed by atoms with E-state index in [-0.39, 0.29) is 0 Å². The third-order valence-electron chi connectivity index (χ3n) is 3.61. The highest BCUT2D eigenvalue weighted by atomic mass is 32.1. The minimum absolute atomic E-state index is 0.545. The van der Waals surface area contributed by atoms with Crippen molar-refractivity contribution in [1.29, 1.82) is 0 Å². The van der Waals surface area contributed by atoms with Crippen molar-refractivity contribution in [3.63, 3.8) is 0 Å². The summed E-state index contributed by atoms with van der Waals surface area (Å²) in [7, 11) is 1.70. The molecular formula is C14H22N2OS. The number of methoxy groups -OCH3 is 1. The maximum absolute atomic E-state index is 5.24. The first kappa shape index (κ1) is 13.7. The van der Waals surface area contributed by atoms with Crippen molar-refractivity contribution in [3.05, 3.63) is 22.2 Å². The van der Waals surface area contributed by atoms with Crippen LogP contribution in [0.25, 0.3) is 0 Å². The summed E-state index contributed by atoms with van der Waals surface area (Å²) in [5.41, 5.74) is 1.04. The average Bonchev–Trinajstić information content (AvgIpc) is 2.27. The van der Waals surface area contributed by atoms with Crippen LogP contribution in [0.2, 0.25) is 0 Å². The predicted octanol–water partition coefficient (Wildman–Crippen LogP) is 4.11. The van der Waals surface area contributed by atoms with Crippen LogP contribution in [0.15, 0.2) is 6.07 Å². The summed E-state index contributed by atoms with van der Waals surface area (Å²) in [5.74, 6) is 1.61. The fourth-order valence-corrected chi connectivity index (χ4v) is 2.93. The van der Waals surface area contributed by atoms with E-state index in [0.717, 1.165) is 11.5 Å². The van der Waals surface area contributed by atoms with Gasteiger partial charge in [0.2, 0.25) is 0 Å². The molecule has 0 saturated heterocycles.